The van der Waals surface area contributed by atoms with Crippen LogP contribution < -0.4 is 0 Å². The Morgan fingerprint density at radius 3 is 2.60 bits per heavy atom. The van der Waals surface area contributed by atoms with E-state index < -0.39 is 16.0 Å². The SMILES string of the molecule is COC(=O)CCCS(=O)(=O)N1CCCCC1CC(C)=O. The van der Waals surface area contributed by atoms with Crippen molar-refractivity contribution in [3.05, 3.63) is 0 Å². The molecule has 1 aliphatic rings. The summed E-state index contributed by atoms with van der Waals surface area (Å²) in [6.07, 6.45) is 3.13. The number of ether oxygens (including phenoxy) is 1. The number of ketones is 1. The highest BCUT2D eigenvalue weighted by atomic mass is 32.2. The van der Waals surface area contributed by atoms with Gasteiger partial charge in [0.05, 0.1) is 12.9 Å². The molecule has 7 heteroatoms. The molecule has 0 bridgehead atoms. The van der Waals surface area contributed by atoms with E-state index in [9.17, 15) is 18.0 Å². The molecule has 0 aromatic rings. The summed E-state index contributed by atoms with van der Waals surface area (Å²) in [6.45, 7) is 1.95. The van der Waals surface area contributed by atoms with Crippen LogP contribution in [0.2, 0.25) is 0 Å². The largest absolute Gasteiger partial charge is 0.469 e. The van der Waals surface area contributed by atoms with Gasteiger partial charge in [0.15, 0.2) is 0 Å². The van der Waals surface area contributed by atoms with Crippen LogP contribution in [-0.2, 0) is 24.3 Å². The minimum absolute atomic E-state index is 0.00617. The Hall–Kier alpha value is -0.950. The molecule has 20 heavy (non-hydrogen) atoms. The van der Waals surface area contributed by atoms with Crippen molar-refractivity contribution >= 4 is 21.8 Å². The zero-order valence-corrected chi connectivity index (χ0v) is 12.9. The number of carbonyl (C=O) groups is 2. The van der Waals surface area contributed by atoms with Gasteiger partial charge >= 0.3 is 5.97 Å². The number of nitrogens with zero attached hydrogens (tertiary/aromatic N) is 1. The third-order valence-corrected chi connectivity index (χ3v) is 5.46. The Labute approximate surface area is 120 Å². The van der Waals surface area contributed by atoms with E-state index in [1.165, 1.54) is 18.3 Å². The molecule has 0 amide bonds. The summed E-state index contributed by atoms with van der Waals surface area (Å²) in [6, 6.07) is -0.218. The van der Waals surface area contributed by atoms with Gasteiger partial charge in [0.1, 0.15) is 5.78 Å². The average molecular weight is 305 g/mol. The molecule has 0 spiro atoms. The number of methoxy groups -OCH3 is 1. The summed E-state index contributed by atoms with van der Waals surface area (Å²) in [5, 5.41) is 0. The summed E-state index contributed by atoms with van der Waals surface area (Å²) >= 11 is 0. The number of carbonyl (C=O) groups excluding carboxylic acids is 2. The first kappa shape index (κ1) is 17.1. The monoisotopic (exact) mass is 305 g/mol. The molecule has 1 rings (SSSR count). The molecule has 0 radical (unpaired) electrons. The summed E-state index contributed by atoms with van der Waals surface area (Å²) in [5.74, 6) is -0.470. The Morgan fingerprint density at radius 2 is 2.00 bits per heavy atom. The average Bonchev–Trinajstić information content (AvgIpc) is 2.38. The van der Waals surface area contributed by atoms with Crippen molar-refractivity contribution in [2.75, 3.05) is 19.4 Å². The predicted octanol–water partition coefficient (Wildman–Crippen LogP) is 1.10. The fourth-order valence-electron chi connectivity index (χ4n) is 2.49. The van der Waals surface area contributed by atoms with E-state index in [0.717, 1.165) is 19.3 Å². The van der Waals surface area contributed by atoms with Crippen LogP contribution in [-0.4, -0.2) is 49.9 Å². The van der Waals surface area contributed by atoms with Gasteiger partial charge in [-0.2, -0.15) is 4.31 Å². The maximum absolute atomic E-state index is 12.3. The lowest BCUT2D eigenvalue weighted by Gasteiger charge is -2.34. The number of sulfonamides is 1. The standard InChI is InChI=1S/C13H23NO5S/c1-11(15)10-12-6-3-4-8-14(12)20(17,18)9-5-7-13(16)19-2/h12H,3-10H2,1-2H3. The highest BCUT2D eigenvalue weighted by molar-refractivity contribution is 7.89. The molecule has 0 saturated carbocycles. The zero-order chi connectivity index (χ0) is 15.2. The van der Waals surface area contributed by atoms with Crippen molar-refractivity contribution in [2.45, 2.75) is 51.5 Å². The van der Waals surface area contributed by atoms with Crippen LogP contribution in [0.15, 0.2) is 0 Å². The van der Waals surface area contributed by atoms with Crippen LogP contribution in [0.3, 0.4) is 0 Å². The van der Waals surface area contributed by atoms with Crippen molar-refractivity contribution in [1.29, 1.82) is 0 Å². The number of rotatable bonds is 7. The van der Waals surface area contributed by atoms with Gasteiger partial charge in [-0.05, 0) is 26.2 Å². The maximum Gasteiger partial charge on any atom is 0.305 e. The fourth-order valence-corrected chi connectivity index (χ4v) is 4.28. The number of hydrogen-bond donors (Lipinski definition) is 0. The first-order valence-corrected chi connectivity index (χ1v) is 8.53. The summed E-state index contributed by atoms with van der Waals surface area (Å²) in [7, 11) is -2.13. The number of Topliss-reactive ketones (excluding diaryl/α,β-unsaturated/α-hetero) is 1. The Kier molecular flexibility index (Phi) is 6.61. The van der Waals surface area contributed by atoms with Crippen LogP contribution in [0.4, 0.5) is 0 Å². The molecule has 0 aromatic heterocycles. The van der Waals surface area contributed by atoms with Crippen LogP contribution in [0.5, 0.6) is 0 Å². The smallest absolute Gasteiger partial charge is 0.305 e. The van der Waals surface area contributed by atoms with Gasteiger partial charge in [-0.15, -0.1) is 0 Å². The second-order valence-corrected chi connectivity index (χ2v) is 7.20. The normalized spacial score (nSPS) is 20.6. The third kappa shape index (κ3) is 5.20. The third-order valence-electron chi connectivity index (χ3n) is 3.46. The Bertz CT molecular complexity index is 446. The predicted molar refractivity (Wildman–Crippen MR) is 74.7 cm³/mol. The van der Waals surface area contributed by atoms with E-state index in [-0.39, 0.29) is 36.8 Å². The highest BCUT2D eigenvalue weighted by Gasteiger charge is 2.32. The molecule has 1 aliphatic heterocycles. The van der Waals surface area contributed by atoms with Gasteiger partial charge in [-0.1, -0.05) is 6.42 Å². The number of hydrogen-bond acceptors (Lipinski definition) is 5. The minimum Gasteiger partial charge on any atom is -0.469 e. The van der Waals surface area contributed by atoms with Crippen LogP contribution in [0, 0.1) is 0 Å². The summed E-state index contributed by atoms with van der Waals surface area (Å²) in [4.78, 5) is 22.3. The topological polar surface area (TPSA) is 80.8 Å². The minimum atomic E-state index is -3.41. The lowest BCUT2D eigenvalue weighted by Crippen LogP contribution is -2.45. The van der Waals surface area contributed by atoms with Crippen LogP contribution in [0.25, 0.3) is 0 Å². The van der Waals surface area contributed by atoms with E-state index in [1.54, 1.807) is 0 Å². The fraction of sp³-hybridized carbons (Fsp3) is 0.846. The summed E-state index contributed by atoms with van der Waals surface area (Å²) in [5.41, 5.74) is 0. The first-order valence-electron chi connectivity index (χ1n) is 6.92. The quantitative estimate of drug-likeness (QED) is 0.658. The van der Waals surface area contributed by atoms with Crippen molar-refractivity contribution < 1.29 is 22.7 Å². The van der Waals surface area contributed by atoms with E-state index in [0.29, 0.717) is 6.54 Å². The van der Waals surface area contributed by atoms with Crippen molar-refractivity contribution in [1.82, 2.24) is 4.31 Å². The molecule has 0 N–H and O–H groups in total. The molecular formula is C13H23NO5S. The maximum atomic E-state index is 12.3. The molecule has 1 fully saturated rings. The molecule has 1 heterocycles. The second kappa shape index (κ2) is 7.73. The van der Waals surface area contributed by atoms with E-state index in [1.807, 2.05) is 0 Å². The molecule has 0 aromatic carbocycles. The van der Waals surface area contributed by atoms with Gasteiger partial charge in [-0.25, -0.2) is 8.42 Å². The van der Waals surface area contributed by atoms with Gasteiger partial charge in [-0.3, -0.25) is 9.59 Å². The molecule has 1 atom stereocenters. The van der Waals surface area contributed by atoms with E-state index >= 15 is 0 Å². The lowest BCUT2D eigenvalue weighted by atomic mass is 10.0. The zero-order valence-electron chi connectivity index (χ0n) is 12.1. The van der Waals surface area contributed by atoms with Crippen LogP contribution >= 0.6 is 0 Å². The molecule has 116 valence electrons. The Morgan fingerprint density at radius 1 is 1.30 bits per heavy atom. The highest BCUT2D eigenvalue weighted by Crippen LogP contribution is 2.23. The molecule has 1 saturated heterocycles. The first-order chi connectivity index (χ1) is 9.36. The molecular weight excluding hydrogens is 282 g/mol. The Balaban J connectivity index is 2.62. The lowest BCUT2D eigenvalue weighted by molar-refractivity contribution is -0.140. The van der Waals surface area contributed by atoms with Crippen molar-refractivity contribution in [2.24, 2.45) is 0 Å². The van der Waals surface area contributed by atoms with Gasteiger partial charge in [0.2, 0.25) is 10.0 Å². The molecule has 6 nitrogen and oxygen atoms in total. The number of piperidine rings is 1. The van der Waals surface area contributed by atoms with Gasteiger partial charge in [0.25, 0.3) is 0 Å². The van der Waals surface area contributed by atoms with Crippen molar-refractivity contribution in [3.63, 3.8) is 0 Å². The molecule has 0 aliphatic carbocycles. The second-order valence-electron chi connectivity index (χ2n) is 5.16. The van der Waals surface area contributed by atoms with Gasteiger partial charge in [0, 0.05) is 25.4 Å². The van der Waals surface area contributed by atoms with E-state index in [4.69, 9.17) is 0 Å². The molecule has 1 unspecified atom stereocenters. The van der Waals surface area contributed by atoms with Crippen molar-refractivity contribution in [3.8, 4) is 0 Å². The summed E-state index contributed by atoms with van der Waals surface area (Å²) < 4.78 is 30.6. The van der Waals surface area contributed by atoms with E-state index in [2.05, 4.69) is 4.74 Å². The van der Waals surface area contributed by atoms with Crippen LogP contribution in [0.1, 0.15) is 45.4 Å². The number of esters is 1. The van der Waals surface area contributed by atoms with Gasteiger partial charge < -0.3 is 4.74 Å².